The van der Waals surface area contributed by atoms with Crippen LogP contribution in [0.2, 0.25) is 0 Å². The van der Waals surface area contributed by atoms with Crippen LogP contribution < -0.4 is 15.4 Å². The van der Waals surface area contributed by atoms with Crippen molar-refractivity contribution in [3.05, 3.63) is 95.2 Å². The average molecular weight is 525 g/mol. The molecule has 0 spiro atoms. The molecular weight excluding hydrogens is 492 g/mol. The zero-order valence-corrected chi connectivity index (χ0v) is 22.7. The number of allylic oxidation sites excluding steroid dienone is 1. The molecule has 1 aliphatic rings. The molecule has 0 saturated heterocycles. The van der Waals surface area contributed by atoms with E-state index in [1.807, 2.05) is 58.0 Å². The zero-order chi connectivity index (χ0) is 28.3. The standard InChI is InChI=1S/C31H32N4O4/c1-17(2)29(39-27-14-11-18(3)15-19(27)4)31(38)34-25-10-8-7-9-23(25)30-32-20(5)28(35-30)24-16-22(33-21(6)36)12-13-26(24)37/h7-17,29,37H,5H2,1-4,6H3,(H,33,36)(H,34,38). The van der Waals surface area contributed by atoms with E-state index in [1.165, 1.54) is 13.0 Å². The summed E-state index contributed by atoms with van der Waals surface area (Å²) in [6.07, 6.45) is -0.729. The summed E-state index contributed by atoms with van der Waals surface area (Å²) in [5, 5.41) is 16.2. The summed E-state index contributed by atoms with van der Waals surface area (Å²) in [5.41, 5.74) is 4.80. The normalized spacial score (nSPS) is 13.5. The first-order chi connectivity index (χ1) is 18.5. The predicted octanol–water partition coefficient (Wildman–Crippen LogP) is 5.77. The summed E-state index contributed by atoms with van der Waals surface area (Å²) in [7, 11) is 0. The Kier molecular flexibility index (Phi) is 7.95. The van der Waals surface area contributed by atoms with Gasteiger partial charge in [0.2, 0.25) is 5.91 Å². The maximum atomic E-state index is 13.4. The number of nitrogens with one attached hydrogen (secondary N) is 2. The van der Waals surface area contributed by atoms with Gasteiger partial charge in [-0.25, -0.2) is 9.98 Å². The lowest BCUT2D eigenvalue weighted by Gasteiger charge is -2.23. The fraction of sp³-hybridized carbons (Fsp3) is 0.226. The quantitative estimate of drug-likeness (QED) is 0.325. The van der Waals surface area contributed by atoms with Gasteiger partial charge in [0.25, 0.3) is 5.91 Å². The van der Waals surface area contributed by atoms with E-state index in [2.05, 4.69) is 27.2 Å². The third-order valence-electron chi connectivity index (χ3n) is 6.18. The van der Waals surface area contributed by atoms with Crippen molar-refractivity contribution in [2.75, 3.05) is 10.6 Å². The van der Waals surface area contributed by atoms with Crippen LogP contribution >= 0.6 is 0 Å². The van der Waals surface area contributed by atoms with Crippen molar-refractivity contribution >= 4 is 34.7 Å². The first-order valence-corrected chi connectivity index (χ1v) is 12.6. The van der Waals surface area contributed by atoms with Crippen molar-refractivity contribution < 1.29 is 19.4 Å². The molecule has 3 N–H and O–H groups in total. The van der Waals surface area contributed by atoms with E-state index in [-0.39, 0.29) is 23.5 Å². The van der Waals surface area contributed by atoms with Crippen molar-refractivity contribution in [3.63, 3.8) is 0 Å². The second-order valence-corrected chi connectivity index (χ2v) is 9.84. The number of amides is 2. The lowest BCUT2D eigenvalue weighted by molar-refractivity contribution is -0.124. The number of phenols is 1. The molecule has 8 heteroatoms. The number of carbonyl (C=O) groups excluding carboxylic acids is 2. The number of rotatable bonds is 8. The number of aryl methyl sites for hydroxylation is 2. The summed E-state index contributed by atoms with van der Waals surface area (Å²) in [5.74, 6) is 0.359. The highest BCUT2D eigenvalue weighted by atomic mass is 16.5. The number of phenolic OH excluding ortho intramolecular Hbond substituents is 1. The smallest absolute Gasteiger partial charge is 0.265 e. The number of ether oxygens (including phenoxy) is 1. The van der Waals surface area contributed by atoms with Crippen molar-refractivity contribution in [1.82, 2.24) is 0 Å². The van der Waals surface area contributed by atoms with Crippen LogP contribution in [0, 0.1) is 19.8 Å². The molecule has 8 nitrogen and oxygen atoms in total. The molecule has 0 radical (unpaired) electrons. The Balaban J connectivity index is 1.61. The fourth-order valence-electron chi connectivity index (χ4n) is 4.27. The van der Waals surface area contributed by atoms with Crippen LogP contribution in [0.3, 0.4) is 0 Å². The number of aliphatic imine (C=N–C) groups is 2. The molecule has 2 amide bonds. The van der Waals surface area contributed by atoms with E-state index in [0.717, 1.165) is 11.1 Å². The molecule has 0 fully saturated rings. The van der Waals surface area contributed by atoms with Crippen molar-refractivity contribution in [2.24, 2.45) is 15.9 Å². The summed E-state index contributed by atoms with van der Waals surface area (Å²) in [6.45, 7) is 13.2. The Morgan fingerprint density at radius 1 is 0.949 bits per heavy atom. The van der Waals surface area contributed by atoms with E-state index in [0.29, 0.717) is 45.5 Å². The Bertz CT molecular complexity index is 1520. The van der Waals surface area contributed by atoms with Gasteiger partial charge < -0.3 is 20.5 Å². The predicted molar refractivity (Wildman–Crippen MR) is 155 cm³/mol. The second kappa shape index (κ2) is 11.3. The maximum Gasteiger partial charge on any atom is 0.265 e. The largest absolute Gasteiger partial charge is 0.507 e. The highest BCUT2D eigenvalue weighted by Gasteiger charge is 2.27. The third-order valence-corrected chi connectivity index (χ3v) is 6.18. The third kappa shape index (κ3) is 6.23. The molecule has 1 aliphatic heterocycles. The number of para-hydroxylation sites is 1. The number of aromatic hydroxyl groups is 1. The molecule has 1 atom stereocenters. The summed E-state index contributed by atoms with van der Waals surface area (Å²) in [6, 6.07) is 17.8. The van der Waals surface area contributed by atoms with E-state index >= 15 is 0 Å². The number of anilines is 2. The van der Waals surface area contributed by atoms with Gasteiger partial charge in [0.1, 0.15) is 17.2 Å². The Morgan fingerprint density at radius 3 is 2.38 bits per heavy atom. The van der Waals surface area contributed by atoms with Crippen LogP contribution in [0.25, 0.3) is 0 Å². The minimum atomic E-state index is -0.729. The Labute approximate surface area is 228 Å². The Morgan fingerprint density at radius 2 is 1.69 bits per heavy atom. The monoisotopic (exact) mass is 524 g/mol. The molecule has 1 unspecified atom stereocenters. The van der Waals surface area contributed by atoms with Gasteiger partial charge in [0.05, 0.1) is 11.4 Å². The lowest BCUT2D eigenvalue weighted by atomic mass is 10.0. The van der Waals surface area contributed by atoms with Gasteiger partial charge in [-0.05, 0) is 61.7 Å². The number of hydrogen-bond acceptors (Lipinski definition) is 6. The minimum Gasteiger partial charge on any atom is -0.507 e. The van der Waals surface area contributed by atoms with Crippen LogP contribution in [0.5, 0.6) is 11.5 Å². The lowest BCUT2D eigenvalue weighted by Crippen LogP contribution is -2.37. The highest BCUT2D eigenvalue weighted by Crippen LogP contribution is 2.30. The number of amidine groups is 1. The van der Waals surface area contributed by atoms with E-state index < -0.39 is 6.10 Å². The zero-order valence-electron chi connectivity index (χ0n) is 22.7. The molecule has 0 aliphatic carbocycles. The van der Waals surface area contributed by atoms with Crippen LogP contribution in [0.15, 0.2) is 82.9 Å². The van der Waals surface area contributed by atoms with Crippen molar-refractivity contribution in [1.29, 1.82) is 0 Å². The topological polar surface area (TPSA) is 112 Å². The fourth-order valence-corrected chi connectivity index (χ4v) is 4.27. The maximum absolute atomic E-state index is 13.4. The molecule has 1 heterocycles. The molecular formula is C31H32N4O4. The molecule has 0 bridgehead atoms. The summed E-state index contributed by atoms with van der Waals surface area (Å²) >= 11 is 0. The van der Waals surface area contributed by atoms with E-state index in [1.54, 1.807) is 24.3 Å². The molecule has 3 aromatic rings. The van der Waals surface area contributed by atoms with Crippen LogP contribution in [-0.4, -0.2) is 34.6 Å². The van der Waals surface area contributed by atoms with Gasteiger partial charge in [-0.3, -0.25) is 9.59 Å². The molecule has 0 saturated carbocycles. The summed E-state index contributed by atoms with van der Waals surface area (Å²) in [4.78, 5) is 34.1. The molecule has 4 rings (SSSR count). The molecule has 3 aromatic carbocycles. The van der Waals surface area contributed by atoms with E-state index in [9.17, 15) is 14.7 Å². The number of benzene rings is 3. The molecule has 39 heavy (non-hydrogen) atoms. The Hall–Kier alpha value is -4.72. The first-order valence-electron chi connectivity index (χ1n) is 12.6. The van der Waals surface area contributed by atoms with Gasteiger partial charge in [0.15, 0.2) is 11.9 Å². The SMILES string of the molecule is C=C1N=C(c2ccccc2NC(=O)C(Oc2ccc(C)cc2C)C(C)C)N=C1c1cc(NC(C)=O)ccc1O. The van der Waals surface area contributed by atoms with Gasteiger partial charge in [-0.1, -0.05) is 50.3 Å². The van der Waals surface area contributed by atoms with Gasteiger partial charge >= 0.3 is 0 Å². The number of hydrogen-bond donors (Lipinski definition) is 3. The van der Waals surface area contributed by atoms with Crippen LogP contribution in [0.4, 0.5) is 11.4 Å². The first kappa shape index (κ1) is 27.3. The second-order valence-electron chi connectivity index (χ2n) is 9.84. The van der Waals surface area contributed by atoms with Crippen molar-refractivity contribution in [3.8, 4) is 11.5 Å². The molecule has 200 valence electrons. The van der Waals surface area contributed by atoms with Crippen LogP contribution in [0.1, 0.15) is 43.0 Å². The minimum absolute atomic E-state index is 0.0228. The molecule has 0 aromatic heterocycles. The van der Waals surface area contributed by atoms with Gasteiger partial charge in [-0.15, -0.1) is 0 Å². The highest BCUT2D eigenvalue weighted by molar-refractivity contribution is 6.26. The number of carbonyl (C=O) groups is 2. The van der Waals surface area contributed by atoms with Gasteiger partial charge in [0, 0.05) is 23.7 Å². The average Bonchev–Trinajstić information content (AvgIpc) is 3.25. The van der Waals surface area contributed by atoms with Crippen LogP contribution in [-0.2, 0) is 9.59 Å². The van der Waals surface area contributed by atoms with Gasteiger partial charge in [-0.2, -0.15) is 0 Å². The van der Waals surface area contributed by atoms with E-state index in [4.69, 9.17) is 4.74 Å². The summed E-state index contributed by atoms with van der Waals surface area (Å²) < 4.78 is 6.16. The van der Waals surface area contributed by atoms with Crippen molar-refractivity contribution in [2.45, 2.75) is 40.7 Å². The number of nitrogens with zero attached hydrogens (tertiary/aromatic N) is 2.